The Hall–Kier alpha value is -2.53. The number of hydrogen-bond acceptors (Lipinski definition) is 5. The molecular weight excluding hydrogens is 332 g/mol. The van der Waals surface area contributed by atoms with Crippen LogP contribution in [0.3, 0.4) is 0 Å². The summed E-state index contributed by atoms with van der Waals surface area (Å²) in [5.41, 5.74) is -0.969. The van der Waals surface area contributed by atoms with Gasteiger partial charge in [0.05, 0.1) is 0 Å². The van der Waals surface area contributed by atoms with Gasteiger partial charge in [0, 0.05) is 10.6 Å². The highest BCUT2D eigenvalue weighted by Gasteiger charge is 2.33. The number of phenolic OH excluding ortho intramolecular Hbond substituents is 1. The highest BCUT2D eigenvalue weighted by Crippen LogP contribution is 2.29. The van der Waals surface area contributed by atoms with Crippen molar-refractivity contribution in [3.05, 3.63) is 53.1 Å². The Morgan fingerprint density at radius 1 is 1.08 bits per heavy atom. The molecule has 0 saturated heterocycles. The van der Waals surface area contributed by atoms with Crippen molar-refractivity contribution in [2.75, 3.05) is 0 Å². The van der Waals surface area contributed by atoms with Crippen molar-refractivity contribution in [3.63, 3.8) is 0 Å². The van der Waals surface area contributed by atoms with Crippen LogP contribution >= 0.6 is 11.6 Å². The number of carbonyl (C=O) groups excluding carboxylic acids is 2. The van der Waals surface area contributed by atoms with Crippen LogP contribution in [0.5, 0.6) is 17.2 Å². The summed E-state index contributed by atoms with van der Waals surface area (Å²) in [6, 6.07) is 10.6. The molecule has 0 aliphatic carbocycles. The number of ether oxygens (including phenoxy) is 2. The zero-order valence-electron chi connectivity index (χ0n) is 13.5. The monoisotopic (exact) mass is 348 g/mol. The highest BCUT2D eigenvalue weighted by molar-refractivity contribution is 6.30. The number of Topliss-reactive ketones (excluding diaryl/α,β-unsaturated/α-hetero) is 1. The van der Waals surface area contributed by atoms with Gasteiger partial charge in [0.1, 0.15) is 5.75 Å². The van der Waals surface area contributed by atoms with Crippen LogP contribution < -0.4 is 9.47 Å². The van der Waals surface area contributed by atoms with Gasteiger partial charge in [-0.25, -0.2) is 4.79 Å². The topological polar surface area (TPSA) is 72.8 Å². The lowest BCUT2D eigenvalue weighted by molar-refractivity contribution is -0.149. The summed E-state index contributed by atoms with van der Waals surface area (Å²) in [5.74, 6) is -0.772. The van der Waals surface area contributed by atoms with Crippen LogP contribution in [0.1, 0.15) is 31.1 Å². The summed E-state index contributed by atoms with van der Waals surface area (Å²) in [5, 5.41) is 10.4. The molecule has 24 heavy (non-hydrogen) atoms. The minimum atomic E-state index is -1.29. The van der Waals surface area contributed by atoms with E-state index in [0.717, 1.165) is 0 Å². The lowest BCUT2D eigenvalue weighted by Crippen LogP contribution is -2.41. The van der Waals surface area contributed by atoms with Crippen LogP contribution in [0, 0.1) is 0 Å². The third-order valence-corrected chi connectivity index (χ3v) is 3.50. The van der Waals surface area contributed by atoms with E-state index in [0.29, 0.717) is 16.3 Å². The number of carbonyl (C=O) groups is 2. The molecule has 0 saturated carbocycles. The molecule has 0 unspecified atom stereocenters. The maximum absolute atomic E-state index is 12.3. The Labute approximate surface area is 144 Å². The van der Waals surface area contributed by atoms with Gasteiger partial charge in [0.25, 0.3) is 0 Å². The van der Waals surface area contributed by atoms with Crippen molar-refractivity contribution < 1.29 is 24.2 Å². The summed E-state index contributed by atoms with van der Waals surface area (Å²) >= 11 is 5.81. The summed E-state index contributed by atoms with van der Waals surface area (Å²) in [6.07, 6.45) is 0. The van der Waals surface area contributed by atoms with E-state index < -0.39 is 11.6 Å². The van der Waals surface area contributed by atoms with Gasteiger partial charge in [-0.05, 0) is 63.2 Å². The fourth-order valence-corrected chi connectivity index (χ4v) is 2.01. The van der Waals surface area contributed by atoms with Crippen LogP contribution in [0.4, 0.5) is 0 Å². The molecule has 0 bridgehead atoms. The van der Waals surface area contributed by atoms with Crippen LogP contribution in [-0.2, 0) is 4.79 Å². The quantitative estimate of drug-likeness (QED) is 0.502. The van der Waals surface area contributed by atoms with Crippen LogP contribution in [0.25, 0.3) is 0 Å². The Morgan fingerprint density at radius 3 is 2.25 bits per heavy atom. The molecule has 0 heterocycles. The number of ketones is 1. The number of benzene rings is 2. The third-order valence-electron chi connectivity index (χ3n) is 3.25. The van der Waals surface area contributed by atoms with Gasteiger partial charge in [-0.3, -0.25) is 4.79 Å². The average molecular weight is 349 g/mol. The van der Waals surface area contributed by atoms with Gasteiger partial charge in [-0.2, -0.15) is 0 Å². The molecule has 126 valence electrons. The first kappa shape index (κ1) is 17.8. The Morgan fingerprint density at radius 2 is 1.71 bits per heavy atom. The largest absolute Gasteiger partial charge is 0.504 e. The van der Waals surface area contributed by atoms with E-state index in [9.17, 15) is 14.7 Å². The van der Waals surface area contributed by atoms with E-state index in [2.05, 4.69) is 0 Å². The van der Waals surface area contributed by atoms with Gasteiger partial charge >= 0.3 is 5.97 Å². The molecular formula is C18H17ClO5. The number of aromatic hydroxyl groups is 1. The third kappa shape index (κ3) is 4.26. The minimum Gasteiger partial charge on any atom is -0.504 e. The molecule has 0 aromatic heterocycles. The van der Waals surface area contributed by atoms with E-state index >= 15 is 0 Å². The second-order valence-electron chi connectivity index (χ2n) is 5.69. The Balaban J connectivity index is 2.12. The first-order chi connectivity index (χ1) is 11.2. The second kappa shape index (κ2) is 6.93. The fourth-order valence-electron chi connectivity index (χ4n) is 1.88. The van der Waals surface area contributed by atoms with Crippen LogP contribution in [0.2, 0.25) is 5.02 Å². The first-order valence-corrected chi connectivity index (χ1v) is 7.57. The van der Waals surface area contributed by atoms with Gasteiger partial charge in [-0.15, -0.1) is 0 Å². The summed E-state index contributed by atoms with van der Waals surface area (Å²) in [7, 11) is 0. The number of hydrogen-bond donors (Lipinski definition) is 1. The lowest BCUT2D eigenvalue weighted by Gasteiger charge is -2.24. The predicted molar refractivity (Wildman–Crippen MR) is 89.9 cm³/mol. The molecule has 5 nitrogen and oxygen atoms in total. The molecule has 0 amide bonds. The SMILES string of the molecule is CC(=O)c1ccc(OC(=O)C(C)(C)Oc2ccc(Cl)cc2)c(O)c1. The van der Waals surface area contributed by atoms with Crippen molar-refractivity contribution in [2.24, 2.45) is 0 Å². The molecule has 2 rings (SSSR count). The van der Waals surface area contributed by atoms with E-state index in [1.165, 1.54) is 25.1 Å². The van der Waals surface area contributed by atoms with Crippen molar-refractivity contribution in [2.45, 2.75) is 26.4 Å². The molecule has 0 fully saturated rings. The van der Waals surface area contributed by atoms with Crippen molar-refractivity contribution >= 4 is 23.4 Å². The Kier molecular flexibility index (Phi) is 5.14. The van der Waals surface area contributed by atoms with Gasteiger partial charge in [0.2, 0.25) is 5.60 Å². The molecule has 6 heteroatoms. The molecule has 0 spiro atoms. The van der Waals surface area contributed by atoms with Gasteiger partial charge < -0.3 is 14.6 Å². The van der Waals surface area contributed by atoms with Crippen molar-refractivity contribution in [1.29, 1.82) is 0 Å². The molecule has 0 aliphatic rings. The van der Waals surface area contributed by atoms with E-state index in [-0.39, 0.29) is 17.3 Å². The zero-order chi connectivity index (χ0) is 17.9. The Bertz CT molecular complexity index is 765. The van der Waals surface area contributed by atoms with Crippen LogP contribution in [0.15, 0.2) is 42.5 Å². The fraction of sp³-hybridized carbons (Fsp3) is 0.222. The molecule has 0 aliphatic heterocycles. The van der Waals surface area contributed by atoms with Crippen molar-refractivity contribution in [1.82, 2.24) is 0 Å². The molecule has 2 aromatic carbocycles. The van der Waals surface area contributed by atoms with E-state index in [1.807, 2.05) is 0 Å². The van der Waals surface area contributed by atoms with Crippen molar-refractivity contribution in [3.8, 4) is 17.2 Å². The zero-order valence-corrected chi connectivity index (χ0v) is 14.3. The molecule has 2 aromatic rings. The maximum Gasteiger partial charge on any atom is 0.355 e. The number of phenols is 1. The summed E-state index contributed by atoms with van der Waals surface area (Å²) in [4.78, 5) is 23.6. The second-order valence-corrected chi connectivity index (χ2v) is 6.13. The van der Waals surface area contributed by atoms with E-state index in [4.69, 9.17) is 21.1 Å². The van der Waals surface area contributed by atoms with E-state index in [1.54, 1.807) is 38.1 Å². The lowest BCUT2D eigenvalue weighted by atomic mass is 10.1. The maximum atomic E-state index is 12.3. The number of halogens is 1. The molecule has 0 radical (unpaired) electrons. The number of rotatable bonds is 5. The molecule has 1 N–H and O–H groups in total. The smallest absolute Gasteiger partial charge is 0.355 e. The average Bonchev–Trinajstić information content (AvgIpc) is 2.51. The predicted octanol–water partition coefficient (Wildman–Crippen LogP) is 4.01. The number of esters is 1. The first-order valence-electron chi connectivity index (χ1n) is 7.20. The minimum absolute atomic E-state index is 0.0437. The molecule has 0 atom stereocenters. The highest BCUT2D eigenvalue weighted by atomic mass is 35.5. The standard InChI is InChI=1S/C18H17ClO5/c1-11(20)12-4-9-16(15(21)10-12)23-17(22)18(2,3)24-14-7-5-13(19)6-8-14/h4-10,21H,1-3H3. The normalized spacial score (nSPS) is 11.0. The van der Waals surface area contributed by atoms with Crippen LogP contribution in [-0.4, -0.2) is 22.5 Å². The van der Waals surface area contributed by atoms with Gasteiger partial charge in [0.15, 0.2) is 17.3 Å². The summed E-state index contributed by atoms with van der Waals surface area (Å²) < 4.78 is 10.8. The van der Waals surface area contributed by atoms with Gasteiger partial charge in [-0.1, -0.05) is 11.6 Å². The summed E-state index contributed by atoms with van der Waals surface area (Å²) in [6.45, 7) is 4.47.